The average molecular weight is 468 g/mol. The second-order valence-electron chi connectivity index (χ2n) is 10.5. The van der Waals surface area contributed by atoms with Crippen LogP contribution >= 0.6 is 0 Å². The lowest BCUT2D eigenvalue weighted by atomic mass is 9.87. The average Bonchev–Trinajstić information content (AvgIpc) is 2.78. The quantitative estimate of drug-likeness (QED) is 0.472. The zero-order valence-corrected chi connectivity index (χ0v) is 21.6. The molecule has 186 valence electrons. The first-order valence-corrected chi connectivity index (χ1v) is 12.8. The molecule has 1 fully saturated rings. The van der Waals surface area contributed by atoms with Gasteiger partial charge in [-0.1, -0.05) is 25.3 Å². The third kappa shape index (κ3) is 7.44. The molecule has 0 radical (unpaired) electrons. The number of pyridine rings is 1. The van der Waals surface area contributed by atoms with Crippen LogP contribution in [0, 0.1) is 12.8 Å². The first kappa shape index (κ1) is 26.0. The van der Waals surface area contributed by atoms with Gasteiger partial charge in [-0.2, -0.15) is 0 Å². The molecule has 1 N–H and O–H groups in total. The van der Waals surface area contributed by atoms with Gasteiger partial charge in [-0.05, 0) is 90.0 Å². The lowest BCUT2D eigenvalue weighted by molar-refractivity contribution is -0.117. The van der Waals surface area contributed by atoms with E-state index in [0.29, 0.717) is 25.4 Å². The van der Waals surface area contributed by atoms with Crippen molar-refractivity contribution in [2.75, 3.05) is 18.4 Å². The summed E-state index contributed by atoms with van der Waals surface area (Å²) >= 11 is 0. The van der Waals surface area contributed by atoms with Gasteiger partial charge in [0.25, 0.3) is 0 Å². The van der Waals surface area contributed by atoms with Gasteiger partial charge in [-0.3, -0.25) is 9.78 Å². The molecule has 0 saturated heterocycles. The van der Waals surface area contributed by atoms with Crippen molar-refractivity contribution in [2.45, 2.75) is 91.6 Å². The van der Waals surface area contributed by atoms with Gasteiger partial charge in [0.15, 0.2) is 0 Å². The van der Waals surface area contributed by atoms with Crippen molar-refractivity contribution in [3.05, 3.63) is 35.5 Å². The Labute approximate surface area is 204 Å². The van der Waals surface area contributed by atoms with Crippen LogP contribution in [0.2, 0.25) is 0 Å². The van der Waals surface area contributed by atoms with Crippen LogP contribution in [-0.4, -0.2) is 40.6 Å². The Balaban J connectivity index is 1.62. The number of hydrogen-bond acceptors (Lipinski definition) is 4. The number of hydrogen-bond donors (Lipinski definition) is 1. The monoisotopic (exact) mass is 467 g/mol. The fourth-order valence-corrected chi connectivity index (χ4v) is 4.66. The van der Waals surface area contributed by atoms with E-state index in [4.69, 9.17) is 9.72 Å². The fraction of sp³-hybridized carbons (Fsp3) is 0.607. The highest BCUT2D eigenvalue weighted by molar-refractivity contribution is 6.02. The number of amides is 2. The molecule has 0 aliphatic heterocycles. The Hall–Kier alpha value is -2.63. The van der Waals surface area contributed by atoms with Crippen LogP contribution < -0.4 is 5.32 Å². The highest BCUT2D eigenvalue weighted by Gasteiger charge is 2.21. The van der Waals surface area contributed by atoms with E-state index in [-0.39, 0.29) is 12.0 Å². The number of nitrogens with zero attached hydrogens (tertiary/aromatic N) is 2. The van der Waals surface area contributed by atoms with Crippen molar-refractivity contribution in [2.24, 2.45) is 5.92 Å². The Bertz CT molecular complexity index is 990. The van der Waals surface area contributed by atoms with E-state index >= 15 is 0 Å². The molecule has 0 bridgehead atoms. The number of ether oxygens (including phenoxy) is 1. The molecule has 0 spiro atoms. The molecule has 1 heterocycles. The molecule has 3 rings (SSSR count). The van der Waals surface area contributed by atoms with Crippen molar-refractivity contribution < 1.29 is 14.3 Å². The van der Waals surface area contributed by atoms with Gasteiger partial charge in [0.05, 0.1) is 11.2 Å². The minimum Gasteiger partial charge on any atom is -0.444 e. The van der Waals surface area contributed by atoms with Gasteiger partial charge in [0, 0.05) is 30.6 Å². The van der Waals surface area contributed by atoms with Crippen LogP contribution in [0.3, 0.4) is 0 Å². The molecule has 6 nitrogen and oxygen atoms in total. The summed E-state index contributed by atoms with van der Waals surface area (Å²) in [6.45, 7) is 10.9. The van der Waals surface area contributed by atoms with Gasteiger partial charge >= 0.3 is 6.09 Å². The number of rotatable bonds is 8. The maximum Gasteiger partial charge on any atom is 0.410 e. The first-order valence-electron chi connectivity index (χ1n) is 12.8. The summed E-state index contributed by atoms with van der Waals surface area (Å²) in [5.41, 5.74) is 3.30. The maximum atomic E-state index is 12.7. The van der Waals surface area contributed by atoms with E-state index in [9.17, 15) is 9.59 Å². The number of carbonyl (C=O) groups is 2. The molecule has 1 aliphatic carbocycles. The third-order valence-corrected chi connectivity index (χ3v) is 6.49. The largest absolute Gasteiger partial charge is 0.444 e. The summed E-state index contributed by atoms with van der Waals surface area (Å²) in [6.07, 6.45) is 8.02. The summed E-state index contributed by atoms with van der Waals surface area (Å²) in [5, 5.41) is 4.16. The van der Waals surface area contributed by atoms with Crippen molar-refractivity contribution in [3.8, 4) is 0 Å². The Morgan fingerprint density at radius 1 is 1.12 bits per heavy atom. The summed E-state index contributed by atoms with van der Waals surface area (Å²) < 4.78 is 5.49. The number of carbonyl (C=O) groups excluding carboxylic acids is 2. The van der Waals surface area contributed by atoms with E-state index in [1.54, 1.807) is 4.90 Å². The van der Waals surface area contributed by atoms with Gasteiger partial charge < -0.3 is 15.0 Å². The zero-order chi connectivity index (χ0) is 24.7. The molecule has 0 unspecified atom stereocenters. The van der Waals surface area contributed by atoms with E-state index < -0.39 is 5.60 Å². The smallest absolute Gasteiger partial charge is 0.410 e. The van der Waals surface area contributed by atoms with Crippen LogP contribution in [0.5, 0.6) is 0 Å². The first-order chi connectivity index (χ1) is 16.2. The Kier molecular flexibility index (Phi) is 8.92. The highest BCUT2D eigenvalue weighted by Crippen LogP contribution is 2.29. The maximum absolute atomic E-state index is 12.7. The van der Waals surface area contributed by atoms with E-state index in [0.717, 1.165) is 53.5 Å². The number of aromatic nitrogens is 1. The van der Waals surface area contributed by atoms with Gasteiger partial charge in [0.2, 0.25) is 5.91 Å². The number of benzene rings is 1. The topological polar surface area (TPSA) is 71.5 Å². The van der Waals surface area contributed by atoms with Crippen LogP contribution in [0.4, 0.5) is 10.5 Å². The molecular formula is C28H41N3O3. The normalized spacial score (nSPS) is 14.7. The summed E-state index contributed by atoms with van der Waals surface area (Å²) in [7, 11) is 0. The molecule has 6 heteroatoms. The van der Waals surface area contributed by atoms with Crippen LogP contribution in [0.25, 0.3) is 10.9 Å². The number of anilines is 1. The van der Waals surface area contributed by atoms with Crippen LogP contribution in [-0.2, 0) is 16.0 Å². The molecule has 1 saturated carbocycles. The van der Waals surface area contributed by atoms with Gasteiger partial charge in [-0.15, -0.1) is 0 Å². The molecule has 2 amide bonds. The Morgan fingerprint density at radius 2 is 1.85 bits per heavy atom. The SMILES string of the molecule is CCN(CCCc1ccc2c(NC(=O)CC3CCCCC3)c(C)ccc2n1)C(=O)OC(C)(C)C. The van der Waals surface area contributed by atoms with Gasteiger partial charge in [-0.25, -0.2) is 4.79 Å². The minimum absolute atomic E-state index is 0.105. The lowest BCUT2D eigenvalue weighted by Gasteiger charge is -2.26. The molecule has 34 heavy (non-hydrogen) atoms. The van der Waals surface area contributed by atoms with E-state index in [1.807, 2.05) is 52.8 Å². The zero-order valence-electron chi connectivity index (χ0n) is 21.6. The molecule has 1 aromatic carbocycles. The van der Waals surface area contributed by atoms with Crippen molar-refractivity contribution in [1.29, 1.82) is 0 Å². The van der Waals surface area contributed by atoms with Crippen molar-refractivity contribution in [3.63, 3.8) is 0 Å². The van der Waals surface area contributed by atoms with Crippen LogP contribution in [0.15, 0.2) is 24.3 Å². The molecule has 1 aliphatic rings. The lowest BCUT2D eigenvalue weighted by Crippen LogP contribution is -2.37. The number of nitrogens with one attached hydrogen (secondary N) is 1. The number of fused-ring (bicyclic) bond motifs is 1. The van der Waals surface area contributed by atoms with Crippen molar-refractivity contribution in [1.82, 2.24) is 9.88 Å². The van der Waals surface area contributed by atoms with Crippen molar-refractivity contribution >= 4 is 28.6 Å². The second kappa shape index (κ2) is 11.7. The summed E-state index contributed by atoms with van der Waals surface area (Å²) in [6, 6.07) is 8.13. The number of aryl methyl sites for hydroxylation is 2. The Morgan fingerprint density at radius 3 is 2.53 bits per heavy atom. The third-order valence-electron chi connectivity index (χ3n) is 6.49. The van der Waals surface area contributed by atoms with Gasteiger partial charge in [0.1, 0.15) is 5.60 Å². The molecule has 1 aromatic heterocycles. The predicted octanol–water partition coefficient (Wildman–Crippen LogP) is 6.64. The minimum atomic E-state index is -0.494. The van der Waals surface area contributed by atoms with E-state index in [2.05, 4.69) is 11.4 Å². The fourth-order valence-electron chi connectivity index (χ4n) is 4.66. The standard InChI is InChI=1S/C28H41N3O3/c1-6-31(27(33)34-28(3,4)5)18-10-13-22-15-16-23-24(29-22)17-14-20(2)26(23)30-25(32)19-21-11-8-7-9-12-21/h14-17,21H,6-13,18-19H2,1-5H3,(H,30,32). The molecule has 2 aromatic rings. The van der Waals surface area contributed by atoms with E-state index in [1.165, 1.54) is 19.3 Å². The van der Waals surface area contributed by atoms with Crippen LogP contribution in [0.1, 0.15) is 83.9 Å². The summed E-state index contributed by atoms with van der Waals surface area (Å²) in [5.74, 6) is 0.616. The highest BCUT2D eigenvalue weighted by atomic mass is 16.6. The molecular weight excluding hydrogens is 426 g/mol. The predicted molar refractivity (Wildman–Crippen MR) is 138 cm³/mol. The summed E-state index contributed by atoms with van der Waals surface area (Å²) in [4.78, 5) is 31.7. The second-order valence-corrected chi connectivity index (χ2v) is 10.5. The molecule has 0 atom stereocenters.